The summed E-state index contributed by atoms with van der Waals surface area (Å²) in [6, 6.07) is 7.35. The summed E-state index contributed by atoms with van der Waals surface area (Å²) in [5, 5.41) is 0. The van der Waals surface area contributed by atoms with E-state index < -0.39 is 22.5 Å². The van der Waals surface area contributed by atoms with Gasteiger partial charge < -0.3 is 4.74 Å². The van der Waals surface area contributed by atoms with E-state index in [0.717, 1.165) is 17.4 Å². The summed E-state index contributed by atoms with van der Waals surface area (Å²) in [7, 11) is -4.13. The second kappa shape index (κ2) is 7.52. The molecule has 24 heavy (non-hydrogen) atoms. The lowest BCUT2D eigenvalue weighted by atomic mass is 10.1. The molecule has 1 heterocycles. The summed E-state index contributed by atoms with van der Waals surface area (Å²) in [6.45, 7) is 0.851. The number of rotatable bonds is 6. The molecule has 0 bridgehead atoms. The predicted molar refractivity (Wildman–Crippen MR) is 91.6 cm³/mol. The highest BCUT2D eigenvalue weighted by atomic mass is 35.5. The maximum atomic E-state index is 12.1. The van der Waals surface area contributed by atoms with Crippen LogP contribution in [0.1, 0.15) is 17.3 Å². The number of halogens is 2. The molecular formula is C14H11Cl2NO5S2. The molecule has 0 spiro atoms. The highest BCUT2D eigenvalue weighted by Gasteiger charge is 2.23. The largest absolute Gasteiger partial charge is 0.484 e. The average molecular weight is 408 g/mol. The van der Waals surface area contributed by atoms with Crippen LogP contribution in [-0.2, 0) is 14.8 Å². The summed E-state index contributed by atoms with van der Waals surface area (Å²) < 4.78 is 31.3. The monoisotopic (exact) mass is 407 g/mol. The molecular weight excluding hydrogens is 397 g/mol. The van der Waals surface area contributed by atoms with Gasteiger partial charge in [-0.25, -0.2) is 13.1 Å². The Balaban J connectivity index is 2.02. The fourth-order valence-electron chi connectivity index (χ4n) is 1.70. The van der Waals surface area contributed by atoms with Crippen molar-refractivity contribution in [2.75, 3.05) is 6.61 Å². The first-order chi connectivity index (χ1) is 11.2. The van der Waals surface area contributed by atoms with Crippen molar-refractivity contribution in [3.63, 3.8) is 0 Å². The molecule has 0 fully saturated rings. The van der Waals surface area contributed by atoms with Crippen LogP contribution in [0.25, 0.3) is 0 Å². The fraction of sp³-hybridized carbons (Fsp3) is 0.143. The maximum absolute atomic E-state index is 12.1. The lowest BCUT2D eigenvalue weighted by Crippen LogP contribution is -2.34. The second-order valence-corrected chi connectivity index (χ2v) is 8.53. The third kappa shape index (κ3) is 4.70. The second-order valence-electron chi connectivity index (χ2n) is 4.59. The Labute approximate surface area is 152 Å². The van der Waals surface area contributed by atoms with Crippen LogP contribution in [0.3, 0.4) is 0 Å². The van der Waals surface area contributed by atoms with Gasteiger partial charge in [0.2, 0.25) is 0 Å². The van der Waals surface area contributed by atoms with E-state index in [1.807, 2.05) is 4.72 Å². The van der Waals surface area contributed by atoms with Crippen LogP contribution in [0.4, 0.5) is 0 Å². The van der Waals surface area contributed by atoms with E-state index in [1.54, 1.807) is 18.2 Å². The van der Waals surface area contributed by atoms with Gasteiger partial charge in [-0.1, -0.05) is 35.3 Å². The Morgan fingerprint density at radius 2 is 1.96 bits per heavy atom. The Kier molecular flexibility index (Phi) is 5.87. The first-order valence-electron chi connectivity index (χ1n) is 6.43. The first-order valence-corrected chi connectivity index (χ1v) is 9.49. The van der Waals surface area contributed by atoms with E-state index in [4.69, 9.17) is 27.9 Å². The molecule has 0 saturated heterocycles. The predicted octanol–water partition coefficient (Wildman–Crippen LogP) is 3.14. The lowest BCUT2D eigenvalue weighted by Gasteiger charge is -2.08. The van der Waals surface area contributed by atoms with Crippen molar-refractivity contribution in [3.8, 4) is 5.75 Å². The SMILES string of the molecule is CC(=O)c1cccc(OCC(=O)NS(=O)(=O)c2cc(Cl)sc2Cl)c1. The van der Waals surface area contributed by atoms with Crippen molar-refractivity contribution in [3.05, 3.63) is 44.6 Å². The van der Waals surface area contributed by atoms with Crippen molar-refractivity contribution < 1.29 is 22.7 Å². The van der Waals surface area contributed by atoms with Crippen molar-refractivity contribution >= 4 is 56.3 Å². The smallest absolute Gasteiger partial charge is 0.271 e. The zero-order valence-corrected chi connectivity index (χ0v) is 15.4. The van der Waals surface area contributed by atoms with Crippen LogP contribution >= 0.6 is 34.5 Å². The van der Waals surface area contributed by atoms with E-state index in [-0.39, 0.29) is 25.1 Å². The van der Waals surface area contributed by atoms with Gasteiger partial charge in [0.25, 0.3) is 15.9 Å². The van der Waals surface area contributed by atoms with Crippen LogP contribution in [0.5, 0.6) is 5.75 Å². The number of benzene rings is 1. The number of nitrogens with one attached hydrogen (secondary N) is 1. The number of amides is 1. The zero-order valence-electron chi connectivity index (χ0n) is 12.2. The third-order valence-electron chi connectivity index (χ3n) is 2.77. The fourth-order valence-corrected chi connectivity index (χ4v) is 4.82. The zero-order chi connectivity index (χ0) is 17.9. The Bertz CT molecular complexity index is 892. The first kappa shape index (κ1) is 18.7. The highest BCUT2D eigenvalue weighted by Crippen LogP contribution is 2.34. The van der Waals surface area contributed by atoms with E-state index in [1.165, 1.54) is 13.0 Å². The summed E-state index contributed by atoms with van der Waals surface area (Å²) in [6.07, 6.45) is 0. The molecule has 0 aliphatic rings. The minimum atomic E-state index is -4.13. The standard InChI is InChI=1S/C14H11Cl2NO5S2/c1-8(18)9-3-2-4-10(5-9)22-7-13(19)17-24(20,21)11-6-12(15)23-14(11)16/h2-6H,7H2,1H3,(H,17,19). The molecule has 0 atom stereocenters. The van der Waals surface area contributed by atoms with Gasteiger partial charge in [0.15, 0.2) is 12.4 Å². The number of Topliss-reactive ketones (excluding diaryl/α,β-unsaturated/α-hetero) is 1. The average Bonchev–Trinajstić information content (AvgIpc) is 2.84. The van der Waals surface area contributed by atoms with Crippen molar-refractivity contribution in [2.45, 2.75) is 11.8 Å². The number of thiophene rings is 1. The van der Waals surface area contributed by atoms with Gasteiger partial charge in [0.05, 0.1) is 4.34 Å². The number of carbonyl (C=O) groups excluding carboxylic acids is 2. The number of sulfonamides is 1. The molecule has 2 rings (SSSR count). The minimum absolute atomic E-state index is 0.0459. The molecule has 1 aromatic carbocycles. The van der Waals surface area contributed by atoms with E-state index in [0.29, 0.717) is 5.56 Å². The molecule has 1 amide bonds. The van der Waals surface area contributed by atoms with Gasteiger partial charge in [-0.15, -0.1) is 11.3 Å². The molecule has 0 aliphatic carbocycles. The van der Waals surface area contributed by atoms with Crippen LogP contribution in [-0.4, -0.2) is 26.7 Å². The van der Waals surface area contributed by atoms with Crippen LogP contribution in [0.15, 0.2) is 35.2 Å². The third-order valence-corrected chi connectivity index (χ3v) is 5.90. The number of carbonyl (C=O) groups is 2. The molecule has 6 nitrogen and oxygen atoms in total. The van der Waals surface area contributed by atoms with Gasteiger partial charge in [0.1, 0.15) is 15.0 Å². The van der Waals surface area contributed by atoms with Gasteiger partial charge >= 0.3 is 0 Å². The summed E-state index contributed by atoms with van der Waals surface area (Å²) in [4.78, 5) is 22.8. The lowest BCUT2D eigenvalue weighted by molar-refractivity contribution is -0.121. The topological polar surface area (TPSA) is 89.5 Å². The molecule has 0 unspecified atom stereocenters. The summed E-state index contributed by atoms with van der Waals surface area (Å²) in [5.41, 5.74) is 0.417. The van der Waals surface area contributed by atoms with E-state index in [9.17, 15) is 18.0 Å². The Hall–Kier alpha value is -1.61. The van der Waals surface area contributed by atoms with Gasteiger partial charge in [-0.3, -0.25) is 9.59 Å². The van der Waals surface area contributed by atoms with Crippen molar-refractivity contribution in [1.82, 2.24) is 4.72 Å². The molecule has 2 aromatic rings. The van der Waals surface area contributed by atoms with Gasteiger partial charge in [-0.2, -0.15) is 0 Å². The van der Waals surface area contributed by atoms with Crippen molar-refractivity contribution in [1.29, 1.82) is 0 Å². The minimum Gasteiger partial charge on any atom is -0.484 e. The number of hydrogen-bond acceptors (Lipinski definition) is 6. The van der Waals surface area contributed by atoms with E-state index in [2.05, 4.69) is 0 Å². The van der Waals surface area contributed by atoms with E-state index >= 15 is 0 Å². The van der Waals surface area contributed by atoms with Crippen LogP contribution in [0, 0.1) is 0 Å². The normalized spacial score (nSPS) is 11.1. The molecule has 0 saturated carbocycles. The Morgan fingerprint density at radius 3 is 2.54 bits per heavy atom. The number of ketones is 1. The quantitative estimate of drug-likeness (QED) is 0.742. The van der Waals surface area contributed by atoms with Crippen molar-refractivity contribution in [2.24, 2.45) is 0 Å². The van der Waals surface area contributed by atoms with Crippen LogP contribution < -0.4 is 9.46 Å². The highest BCUT2D eigenvalue weighted by molar-refractivity contribution is 7.90. The van der Waals surface area contributed by atoms with Crippen LogP contribution in [0.2, 0.25) is 8.67 Å². The number of hydrogen-bond donors (Lipinski definition) is 1. The molecule has 1 aromatic heterocycles. The van der Waals surface area contributed by atoms with Gasteiger partial charge in [-0.05, 0) is 25.1 Å². The summed E-state index contributed by atoms with van der Waals surface area (Å²) in [5.74, 6) is -0.773. The maximum Gasteiger partial charge on any atom is 0.271 e. The molecule has 0 aliphatic heterocycles. The molecule has 128 valence electrons. The molecule has 1 N–H and O–H groups in total. The molecule has 0 radical (unpaired) electrons. The van der Waals surface area contributed by atoms with Gasteiger partial charge in [0, 0.05) is 5.56 Å². The Morgan fingerprint density at radius 1 is 1.25 bits per heavy atom. The molecule has 10 heteroatoms. The summed E-state index contributed by atoms with van der Waals surface area (Å²) >= 11 is 12.3. The number of ether oxygens (including phenoxy) is 1.